The van der Waals surface area contributed by atoms with Crippen molar-refractivity contribution >= 4 is 0 Å². The van der Waals surface area contributed by atoms with E-state index >= 15 is 0 Å². The van der Waals surface area contributed by atoms with E-state index < -0.39 is 0 Å². The zero-order chi connectivity index (χ0) is 11.8. The van der Waals surface area contributed by atoms with Crippen molar-refractivity contribution in [3.8, 4) is 0 Å². The van der Waals surface area contributed by atoms with Gasteiger partial charge in [0.1, 0.15) is 0 Å². The summed E-state index contributed by atoms with van der Waals surface area (Å²) in [5, 5.41) is 0. The lowest BCUT2D eigenvalue weighted by molar-refractivity contribution is 0.0731. The molecular formula is C12H21N3O. The Balaban J connectivity index is 2.30. The fourth-order valence-electron chi connectivity index (χ4n) is 2.57. The first kappa shape index (κ1) is 11.6. The largest absolute Gasteiger partial charge is 0.379 e. The van der Waals surface area contributed by atoms with Crippen molar-refractivity contribution in [3.63, 3.8) is 0 Å². The lowest BCUT2D eigenvalue weighted by atomic mass is 10.0. The summed E-state index contributed by atoms with van der Waals surface area (Å²) in [6.45, 7) is 4.02. The monoisotopic (exact) mass is 223 g/mol. The molecule has 2 rings (SSSR count). The van der Waals surface area contributed by atoms with Crippen molar-refractivity contribution < 1.29 is 4.74 Å². The molecule has 4 nitrogen and oxygen atoms in total. The van der Waals surface area contributed by atoms with Gasteiger partial charge in [-0.25, -0.2) is 4.98 Å². The maximum atomic E-state index is 6.15. The highest BCUT2D eigenvalue weighted by Gasteiger charge is 2.32. The van der Waals surface area contributed by atoms with Crippen molar-refractivity contribution in [1.82, 2.24) is 9.55 Å². The van der Waals surface area contributed by atoms with Crippen LogP contribution in [-0.2, 0) is 10.3 Å². The van der Waals surface area contributed by atoms with Crippen molar-refractivity contribution in [1.29, 1.82) is 0 Å². The SMILES string of the molecule is COC1CCCC1n1cncc1C(C)(C)N. The maximum absolute atomic E-state index is 6.15. The molecule has 2 N–H and O–H groups in total. The van der Waals surface area contributed by atoms with Crippen LogP contribution in [0.15, 0.2) is 12.5 Å². The zero-order valence-electron chi connectivity index (χ0n) is 10.3. The molecule has 1 heterocycles. The molecule has 1 aliphatic carbocycles. The van der Waals surface area contributed by atoms with Crippen molar-refractivity contribution in [3.05, 3.63) is 18.2 Å². The molecule has 4 heteroatoms. The number of nitrogens with zero attached hydrogens (tertiary/aromatic N) is 2. The third-order valence-electron chi connectivity index (χ3n) is 3.40. The number of methoxy groups -OCH3 is 1. The van der Waals surface area contributed by atoms with Crippen LogP contribution in [0.3, 0.4) is 0 Å². The Kier molecular flexibility index (Phi) is 3.04. The van der Waals surface area contributed by atoms with Crippen LogP contribution in [0.1, 0.15) is 44.8 Å². The van der Waals surface area contributed by atoms with E-state index in [4.69, 9.17) is 10.5 Å². The lowest BCUT2D eigenvalue weighted by Gasteiger charge is -2.27. The fraction of sp³-hybridized carbons (Fsp3) is 0.750. The van der Waals surface area contributed by atoms with Crippen LogP contribution in [0.4, 0.5) is 0 Å². The summed E-state index contributed by atoms with van der Waals surface area (Å²) >= 11 is 0. The summed E-state index contributed by atoms with van der Waals surface area (Å²) in [7, 11) is 1.78. The first-order chi connectivity index (χ1) is 7.54. The van der Waals surface area contributed by atoms with Crippen molar-refractivity contribution in [2.75, 3.05) is 7.11 Å². The summed E-state index contributed by atoms with van der Waals surface area (Å²) in [6.07, 6.45) is 7.54. The van der Waals surface area contributed by atoms with E-state index in [1.54, 1.807) is 7.11 Å². The summed E-state index contributed by atoms with van der Waals surface area (Å²) in [6, 6.07) is 0.394. The minimum absolute atomic E-state index is 0.301. The van der Waals surface area contributed by atoms with Gasteiger partial charge in [0.25, 0.3) is 0 Å². The summed E-state index contributed by atoms with van der Waals surface area (Å²) in [4.78, 5) is 4.23. The smallest absolute Gasteiger partial charge is 0.0952 e. The van der Waals surface area contributed by atoms with Crippen molar-refractivity contribution in [2.45, 2.75) is 50.8 Å². The first-order valence-corrected chi connectivity index (χ1v) is 5.88. The molecule has 1 aromatic rings. The molecule has 0 radical (unpaired) electrons. The maximum Gasteiger partial charge on any atom is 0.0952 e. The number of hydrogen-bond acceptors (Lipinski definition) is 3. The van der Waals surface area contributed by atoms with E-state index in [1.165, 1.54) is 6.42 Å². The number of hydrogen-bond donors (Lipinski definition) is 1. The molecular weight excluding hydrogens is 202 g/mol. The second kappa shape index (κ2) is 4.18. The lowest BCUT2D eigenvalue weighted by Crippen LogP contribution is -2.34. The molecule has 1 aromatic heterocycles. The van der Waals surface area contributed by atoms with Crippen LogP contribution in [-0.4, -0.2) is 22.8 Å². The van der Waals surface area contributed by atoms with E-state index in [0.29, 0.717) is 12.1 Å². The Morgan fingerprint density at radius 3 is 2.88 bits per heavy atom. The predicted octanol–water partition coefficient (Wildman–Crippen LogP) is 1.82. The zero-order valence-corrected chi connectivity index (χ0v) is 10.3. The van der Waals surface area contributed by atoms with Crippen LogP contribution in [0, 0.1) is 0 Å². The molecule has 0 bridgehead atoms. The molecule has 16 heavy (non-hydrogen) atoms. The van der Waals surface area contributed by atoms with Crippen LogP contribution < -0.4 is 5.73 Å². The Hall–Kier alpha value is -0.870. The molecule has 0 saturated heterocycles. The van der Waals surface area contributed by atoms with E-state index in [1.807, 2.05) is 26.4 Å². The minimum atomic E-state index is -0.350. The number of nitrogens with two attached hydrogens (primary N) is 1. The van der Waals surface area contributed by atoms with Crippen LogP contribution in [0.5, 0.6) is 0 Å². The highest BCUT2D eigenvalue weighted by Crippen LogP contribution is 2.34. The molecule has 1 saturated carbocycles. The Bertz CT molecular complexity index is 353. The third-order valence-corrected chi connectivity index (χ3v) is 3.40. The van der Waals surface area contributed by atoms with Gasteiger partial charge >= 0.3 is 0 Å². The molecule has 0 amide bonds. The molecule has 0 aliphatic heterocycles. The fourth-order valence-corrected chi connectivity index (χ4v) is 2.57. The number of ether oxygens (including phenoxy) is 1. The van der Waals surface area contributed by atoms with Crippen molar-refractivity contribution in [2.24, 2.45) is 5.73 Å². The molecule has 2 atom stereocenters. The molecule has 90 valence electrons. The topological polar surface area (TPSA) is 53.1 Å². The van der Waals surface area contributed by atoms with Gasteiger partial charge in [0.15, 0.2) is 0 Å². The van der Waals surface area contributed by atoms with Gasteiger partial charge in [-0.05, 0) is 33.1 Å². The quantitative estimate of drug-likeness (QED) is 0.850. The van der Waals surface area contributed by atoms with Crippen LogP contribution in [0.2, 0.25) is 0 Å². The standard InChI is InChI=1S/C12H21N3O/c1-12(2,13)11-7-14-8-15(11)9-5-4-6-10(9)16-3/h7-10H,4-6,13H2,1-3H3. The molecule has 1 fully saturated rings. The average molecular weight is 223 g/mol. The van der Waals surface area contributed by atoms with Gasteiger partial charge in [0.05, 0.1) is 29.7 Å². The van der Waals surface area contributed by atoms with E-state index in [2.05, 4.69) is 9.55 Å². The number of imidazole rings is 1. The Morgan fingerprint density at radius 1 is 1.50 bits per heavy atom. The summed E-state index contributed by atoms with van der Waals surface area (Å²) in [5.41, 5.74) is 6.89. The van der Waals surface area contributed by atoms with Gasteiger partial charge < -0.3 is 15.0 Å². The van der Waals surface area contributed by atoms with Gasteiger partial charge in [-0.15, -0.1) is 0 Å². The number of rotatable bonds is 3. The van der Waals surface area contributed by atoms with Gasteiger partial charge in [0.2, 0.25) is 0 Å². The molecule has 0 aromatic carbocycles. The van der Waals surface area contributed by atoms with E-state index in [9.17, 15) is 0 Å². The van der Waals surface area contributed by atoms with Crippen LogP contribution >= 0.6 is 0 Å². The minimum Gasteiger partial charge on any atom is -0.379 e. The Morgan fingerprint density at radius 2 is 2.25 bits per heavy atom. The van der Waals surface area contributed by atoms with Gasteiger partial charge in [0, 0.05) is 13.3 Å². The predicted molar refractivity (Wildman–Crippen MR) is 63.1 cm³/mol. The highest BCUT2D eigenvalue weighted by molar-refractivity contribution is 5.12. The van der Waals surface area contributed by atoms with E-state index in [-0.39, 0.29) is 5.54 Å². The van der Waals surface area contributed by atoms with Crippen LogP contribution in [0.25, 0.3) is 0 Å². The molecule has 0 spiro atoms. The average Bonchev–Trinajstić information content (AvgIpc) is 2.84. The van der Waals surface area contributed by atoms with E-state index in [0.717, 1.165) is 18.5 Å². The normalized spacial score (nSPS) is 26.2. The first-order valence-electron chi connectivity index (χ1n) is 5.88. The Labute approximate surface area is 96.8 Å². The summed E-state index contributed by atoms with van der Waals surface area (Å²) in [5.74, 6) is 0. The second-order valence-electron chi connectivity index (χ2n) is 5.18. The third kappa shape index (κ3) is 1.99. The second-order valence-corrected chi connectivity index (χ2v) is 5.18. The van der Waals surface area contributed by atoms with Gasteiger partial charge in [-0.1, -0.05) is 0 Å². The van der Waals surface area contributed by atoms with Gasteiger partial charge in [-0.2, -0.15) is 0 Å². The van der Waals surface area contributed by atoms with Gasteiger partial charge in [-0.3, -0.25) is 0 Å². The molecule has 1 aliphatic rings. The summed E-state index contributed by atoms with van der Waals surface area (Å²) < 4.78 is 7.72. The number of aromatic nitrogens is 2. The molecule has 2 unspecified atom stereocenters. The highest BCUT2D eigenvalue weighted by atomic mass is 16.5.